The molecule has 17 heteroatoms. The van der Waals surface area contributed by atoms with E-state index in [1.807, 2.05) is 0 Å². The fourth-order valence-corrected chi connectivity index (χ4v) is 3.80. The van der Waals surface area contributed by atoms with Gasteiger partial charge in [-0.05, 0) is 30.9 Å². The molecular weight excluding hydrogens is 564 g/mol. The predicted octanol–water partition coefficient (Wildman–Crippen LogP) is 4.46. The third-order valence-electron chi connectivity index (χ3n) is 6.05. The van der Waals surface area contributed by atoms with Gasteiger partial charge in [-0.15, -0.1) is 0 Å². The number of amides is 5. The highest BCUT2D eigenvalue weighted by Gasteiger charge is 2.58. The lowest BCUT2D eigenvalue weighted by Crippen LogP contribution is -2.61. The Morgan fingerprint density at radius 1 is 1.02 bits per heavy atom. The van der Waals surface area contributed by atoms with Gasteiger partial charge in [0.25, 0.3) is 5.91 Å². The summed E-state index contributed by atoms with van der Waals surface area (Å²) in [5.41, 5.74) is -0.695. The van der Waals surface area contributed by atoms with Gasteiger partial charge in [-0.25, -0.2) is 14.5 Å². The average molecular weight is 588 g/mol. The second-order valence-corrected chi connectivity index (χ2v) is 9.15. The van der Waals surface area contributed by atoms with E-state index in [2.05, 4.69) is 0 Å². The number of halogens is 8. The first kappa shape index (κ1) is 30.9. The summed E-state index contributed by atoms with van der Waals surface area (Å²) < 4.78 is 111. The molecule has 9 nitrogen and oxygen atoms in total. The quantitative estimate of drug-likeness (QED) is 0.475. The number of benzene rings is 1. The first-order valence-corrected chi connectivity index (χ1v) is 11.9. The van der Waals surface area contributed by atoms with E-state index < -0.39 is 80.0 Å². The monoisotopic (exact) mass is 588 g/mol. The fourth-order valence-electron chi connectivity index (χ4n) is 3.80. The molecule has 0 bridgehead atoms. The van der Waals surface area contributed by atoms with E-state index in [-0.39, 0.29) is 28.0 Å². The van der Waals surface area contributed by atoms with E-state index in [4.69, 9.17) is 4.74 Å². The van der Waals surface area contributed by atoms with Crippen LogP contribution in [0.2, 0.25) is 0 Å². The topological polar surface area (TPSA) is 99.3 Å². The van der Waals surface area contributed by atoms with Crippen molar-refractivity contribution in [3.8, 4) is 0 Å². The molecule has 0 aromatic heterocycles. The van der Waals surface area contributed by atoms with Crippen molar-refractivity contribution in [1.29, 1.82) is 0 Å². The molecule has 1 fully saturated rings. The number of carbonyl (C=O) groups excluding carboxylic acids is 4. The van der Waals surface area contributed by atoms with Crippen LogP contribution in [0.5, 0.6) is 0 Å². The van der Waals surface area contributed by atoms with Gasteiger partial charge in [0.2, 0.25) is 5.91 Å². The number of urea groups is 1. The molecule has 3 rings (SSSR count). The Morgan fingerprint density at radius 2 is 1.62 bits per heavy atom. The molecule has 0 saturated heterocycles. The lowest BCUT2D eigenvalue weighted by Gasteiger charge is -2.33. The Hall–Kier alpha value is -3.66. The zero-order chi connectivity index (χ0) is 30.0. The van der Waals surface area contributed by atoms with E-state index in [9.17, 15) is 54.3 Å². The number of imide groups is 1. The van der Waals surface area contributed by atoms with Crippen molar-refractivity contribution in [2.75, 3.05) is 36.0 Å². The highest BCUT2D eigenvalue weighted by molar-refractivity contribution is 6.09. The van der Waals surface area contributed by atoms with E-state index in [1.54, 1.807) is 0 Å². The average Bonchev–Trinajstić information content (AvgIpc) is 3.70. The zero-order valence-corrected chi connectivity index (χ0v) is 20.8. The van der Waals surface area contributed by atoms with Crippen LogP contribution in [0.1, 0.15) is 26.2 Å². The van der Waals surface area contributed by atoms with Gasteiger partial charge in [0.15, 0.2) is 0 Å². The molecule has 1 aliphatic carbocycles. The van der Waals surface area contributed by atoms with Gasteiger partial charge in [0.1, 0.15) is 12.6 Å². The summed E-state index contributed by atoms with van der Waals surface area (Å²) >= 11 is 0. The number of nitrogens with zero attached hydrogens (tertiary/aromatic N) is 3. The number of anilines is 2. The smallest absolute Gasteiger partial charge is 0.449 e. The second-order valence-electron chi connectivity index (χ2n) is 9.15. The summed E-state index contributed by atoms with van der Waals surface area (Å²) in [6.07, 6.45) is -11.3. The molecule has 1 aromatic rings. The van der Waals surface area contributed by atoms with Crippen LogP contribution in [0.3, 0.4) is 0 Å². The van der Waals surface area contributed by atoms with E-state index in [0.717, 1.165) is 25.8 Å². The van der Waals surface area contributed by atoms with Crippen molar-refractivity contribution in [3.05, 3.63) is 24.3 Å². The Bertz CT molecular complexity index is 1140. The number of fused-ring (bicyclic) bond motifs is 1. The van der Waals surface area contributed by atoms with Crippen LogP contribution in [0.4, 0.5) is 56.1 Å². The Kier molecular flexibility index (Phi) is 8.84. The van der Waals surface area contributed by atoms with Crippen LogP contribution in [-0.4, -0.2) is 79.4 Å². The number of hydrogen-bond donors (Lipinski definition) is 1. The number of carbonyl (C=O) groups is 4. The summed E-state index contributed by atoms with van der Waals surface area (Å²) in [5.74, 6) is -8.23. The fraction of sp³-hybridized carbons (Fsp3) is 0.565. The number of alkyl halides is 8. The molecule has 0 unspecified atom stereocenters. The standard InChI is InChI=1S/C23H24F8N4O5/c1-2-17(36)35(19(38)32-11-21(24,25)23(29,30)31)16-9-33(20(39)40-10-13-7-8-13)14-5-3-4-6-15(14)34(18(16)37)12-22(26,27)28/h3-6,13,16H,2,7-12H2,1H3,(H,32,38)/t16-/m0/s1. The van der Waals surface area contributed by atoms with Crippen LogP contribution >= 0.6 is 0 Å². The van der Waals surface area contributed by atoms with Gasteiger partial charge < -0.3 is 10.1 Å². The number of hydrogen-bond acceptors (Lipinski definition) is 5. The zero-order valence-electron chi connectivity index (χ0n) is 20.8. The van der Waals surface area contributed by atoms with Crippen LogP contribution in [0, 0.1) is 5.92 Å². The highest BCUT2D eigenvalue weighted by Crippen LogP contribution is 2.37. The molecule has 1 heterocycles. The van der Waals surface area contributed by atoms with Gasteiger partial charge in [-0.2, -0.15) is 35.1 Å². The molecule has 1 saturated carbocycles. The number of para-hydroxylation sites is 2. The first-order chi connectivity index (χ1) is 18.5. The molecule has 1 N–H and O–H groups in total. The summed E-state index contributed by atoms with van der Waals surface area (Å²) in [6.45, 7) is -4.15. The van der Waals surface area contributed by atoms with Crippen molar-refractivity contribution in [3.63, 3.8) is 0 Å². The van der Waals surface area contributed by atoms with Gasteiger partial charge in [-0.1, -0.05) is 19.1 Å². The maximum absolute atomic E-state index is 13.5. The van der Waals surface area contributed by atoms with Gasteiger partial charge in [-0.3, -0.25) is 19.4 Å². The number of ether oxygens (including phenoxy) is 1. The molecule has 40 heavy (non-hydrogen) atoms. The Balaban J connectivity index is 2.05. The summed E-state index contributed by atoms with van der Waals surface area (Å²) in [5, 5.41) is 1.23. The minimum absolute atomic E-state index is 0.0459. The highest BCUT2D eigenvalue weighted by atomic mass is 19.4. The van der Waals surface area contributed by atoms with Gasteiger partial charge >= 0.3 is 30.4 Å². The molecule has 1 atom stereocenters. The van der Waals surface area contributed by atoms with E-state index in [1.165, 1.54) is 23.5 Å². The minimum atomic E-state index is -6.08. The third kappa shape index (κ3) is 7.10. The first-order valence-electron chi connectivity index (χ1n) is 11.9. The SMILES string of the molecule is CCC(=O)N(C(=O)NCC(F)(F)C(F)(F)F)[C@H]1CN(C(=O)OCC2CC2)c2ccccc2N(CC(F)(F)F)C1=O. The normalized spacial score (nSPS) is 18.1. The molecular formula is C23H24F8N4O5. The van der Waals surface area contributed by atoms with Crippen molar-refractivity contribution in [2.45, 2.75) is 50.5 Å². The molecule has 2 aliphatic rings. The predicted molar refractivity (Wildman–Crippen MR) is 122 cm³/mol. The van der Waals surface area contributed by atoms with Crippen LogP contribution in [0.25, 0.3) is 0 Å². The van der Waals surface area contributed by atoms with E-state index in [0.29, 0.717) is 4.90 Å². The lowest BCUT2D eigenvalue weighted by atomic mass is 10.2. The van der Waals surface area contributed by atoms with Crippen molar-refractivity contribution >= 4 is 35.3 Å². The largest absolute Gasteiger partial charge is 0.455 e. The maximum Gasteiger partial charge on any atom is 0.455 e. The van der Waals surface area contributed by atoms with Gasteiger partial charge in [0, 0.05) is 6.42 Å². The van der Waals surface area contributed by atoms with E-state index >= 15 is 0 Å². The molecule has 0 spiro atoms. The molecule has 5 amide bonds. The number of nitrogens with one attached hydrogen (secondary N) is 1. The maximum atomic E-state index is 13.5. The lowest BCUT2D eigenvalue weighted by molar-refractivity contribution is -0.278. The van der Waals surface area contributed by atoms with Crippen molar-refractivity contribution < 1.29 is 59.0 Å². The third-order valence-corrected chi connectivity index (χ3v) is 6.05. The van der Waals surface area contributed by atoms with Gasteiger partial charge in [0.05, 0.1) is 31.1 Å². The summed E-state index contributed by atoms with van der Waals surface area (Å²) in [4.78, 5) is 52.9. The summed E-state index contributed by atoms with van der Waals surface area (Å²) in [7, 11) is 0. The van der Waals surface area contributed by atoms with Crippen molar-refractivity contribution in [1.82, 2.24) is 10.2 Å². The van der Waals surface area contributed by atoms with Crippen LogP contribution < -0.4 is 15.1 Å². The second kappa shape index (κ2) is 11.4. The molecule has 0 radical (unpaired) electrons. The van der Waals surface area contributed by atoms with Crippen LogP contribution in [-0.2, 0) is 14.3 Å². The van der Waals surface area contributed by atoms with Crippen molar-refractivity contribution in [2.24, 2.45) is 5.92 Å². The molecule has 1 aromatic carbocycles. The minimum Gasteiger partial charge on any atom is -0.449 e. The molecule has 1 aliphatic heterocycles. The molecule has 222 valence electrons. The number of rotatable bonds is 7. The Morgan fingerprint density at radius 3 is 2.15 bits per heavy atom. The Labute approximate surface area is 222 Å². The summed E-state index contributed by atoms with van der Waals surface area (Å²) in [6, 6.07) is 0.678. The van der Waals surface area contributed by atoms with Crippen LogP contribution in [0.15, 0.2) is 24.3 Å².